The summed E-state index contributed by atoms with van der Waals surface area (Å²) >= 11 is 0. The van der Waals surface area contributed by atoms with Crippen LogP contribution in [0, 0.1) is 0 Å². The molecule has 24 heavy (non-hydrogen) atoms. The molecule has 0 unspecified atom stereocenters. The smallest absolute Gasteiger partial charge is 0.454 e. The molecule has 0 aliphatic heterocycles. The Labute approximate surface area is 136 Å². The molecule has 0 aromatic heterocycles. The number of hydrogen-bond acceptors (Lipinski definition) is 2. The molecule has 0 amide bonds. The van der Waals surface area contributed by atoms with Crippen LogP contribution in [-0.2, 0) is 6.61 Å². The molecular weight excluding hydrogens is 317 g/mol. The van der Waals surface area contributed by atoms with E-state index in [-0.39, 0.29) is 17.6 Å². The van der Waals surface area contributed by atoms with Gasteiger partial charge in [0.1, 0.15) is 12.4 Å². The van der Waals surface area contributed by atoms with E-state index >= 15 is 0 Å². The highest BCUT2D eigenvalue weighted by Crippen LogP contribution is 2.32. The normalized spacial score (nSPS) is 11.5. The zero-order valence-corrected chi connectivity index (χ0v) is 12.5. The van der Waals surface area contributed by atoms with E-state index in [1.54, 1.807) is 18.2 Å². The molecule has 2 nitrogen and oxygen atoms in total. The maximum absolute atomic E-state index is 12.8. The largest absolute Gasteiger partial charge is 0.488 e. The van der Waals surface area contributed by atoms with E-state index in [0.29, 0.717) is 11.1 Å². The van der Waals surface area contributed by atoms with E-state index in [4.69, 9.17) is 4.74 Å². The van der Waals surface area contributed by atoms with Gasteiger partial charge in [-0.1, -0.05) is 54.6 Å². The fraction of sp³-hybridized carbons (Fsp3) is 0.105. The van der Waals surface area contributed by atoms with Crippen molar-refractivity contribution in [3.8, 4) is 5.75 Å². The Bertz CT molecular complexity index is 871. The van der Waals surface area contributed by atoms with Crippen molar-refractivity contribution in [1.29, 1.82) is 0 Å². The first-order chi connectivity index (χ1) is 11.5. The molecule has 3 rings (SSSR count). The minimum Gasteiger partial charge on any atom is -0.488 e. The maximum atomic E-state index is 12.8. The van der Waals surface area contributed by atoms with Crippen LogP contribution in [0.25, 0.3) is 10.8 Å². The topological polar surface area (TPSA) is 26.3 Å². The zero-order valence-electron chi connectivity index (χ0n) is 12.5. The van der Waals surface area contributed by atoms with Gasteiger partial charge >= 0.3 is 6.18 Å². The minimum atomic E-state index is -4.91. The molecule has 0 atom stereocenters. The number of fused-ring (bicyclic) bond motifs is 1. The predicted octanol–water partition coefficient (Wildman–Crippen LogP) is 5.16. The van der Waals surface area contributed by atoms with Gasteiger partial charge < -0.3 is 4.74 Å². The summed E-state index contributed by atoms with van der Waals surface area (Å²) in [5.74, 6) is -1.42. The molecule has 0 saturated heterocycles. The first kappa shape index (κ1) is 16.1. The highest BCUT2D eigenvalue weighted by molar-refractivity contribution is 6.11. The van der Waals surface area contributed by atoms with Crippen LogP contribution in [0.15, 0.2) is 66.7 Å². The second-order valence-corrected chi connectivity index (χ2v) is 5.26. The minimum absolute atomic E-state index is 0.227. The molecule has 3 aromatic carbocycles. The fourth-order valence-electron chi connectivity index (χ4n) is 2.48. The Kier molecular flexibility index (Phi) is 4.25. The molecule has 0 heterocycles. The van der Waals surface area contributed by atoms with Crippen LogP contribution in [0.4, 0.5) is 13.2 Å². The summed E-state index contributed by atoms with van der Waals surface area (Å²) in [6, 6.07) is 18.4. The van der Waals surface area contributed by atoms with Crippen LogP contribution < -0.4 is 4.74 Å². The fourth-order valence-corrected chi connectivity index (χ4v) is 2.48. The lowest BCUT2D eigenvalue weighted by molar-refractivity contribution is -0.0884. The number of carbonyl (C=O) groups is 1. The average Bonchev–Trinajstić information content (AvgIpc) is 2.59. The summed E-state index contributed by atoms with van der Waals surface area (Å²) in [5.41, 5.74) is 0.571. The van der Waals surface area contributed by atoms with Gasteiger partial charge in [0.25, 0.3) is 5.78 Å². The highest BCUT2D eigenvalue weighted by atomic mass is 19.4. The SMILES string of the molecule is O=C(c1ccc(OCc2ccccc2)c2ccccc12)C(F)(F)F. The van der Waals surface area contributed by atoms with E-state index < -0.39 is 12.0 Å². The van der Waals surface area contributed by atoms with Gasteiger partial charge in [-0.25, -0.2) is 0 Å². The van der Waals surface area contributed by atoms with Gasteiger partial charge in [-0.3, -0.25) is 4.79 Å². The summed E-state index contributed by atoms with van der Waals surface area (Å²) in [6.07, 6.45) is -4.91. The Morgan fingerprint density at radius 3 is 2.12 bits per heavy atom. The first-order valence-corrected chi connectivity index (χ1v) is 7.27. The number of Topliss-reactive ketones (excluding diaryl/α,β-unsaturated/α-hetero) is 1. The molecule has 0 radical (unpaired) electrons. The molecule has 3 aromatic rings. The van der Waals surface area contributed by atoms with Crippen molar-refractivity contribution in [3.63, 3.8) is 0 Å². The third-order valence-electron chi connectivity index (χ3n) is 3.62. The zero-order chi connectivity index (χ0) is 17.2. The number of benzene rings is 3. The van der Waals surface area contributed by atoms with Crippen LogP contribution >= 0.6 is 0 Å². The van der Waals surface area contributed by atoms with E-state index in [2.05, 4.69) is 0 Å². The summed E-state index contributed by atoms with van der Waals surface area (Å²) in [7, 11) is 0. The second-order valence-electron chi connectivity index (χ2n) is 5.26. The number of halogens is 3. The number of ether oxygens (including phenoxy) is 1. The van der Waals surface area contributed by atoms with Crippen LogP contribution in [-0.4, -0.2) is 12.0 Å². The summed E-state index contributed by atoms with van der Waals surface area (Å²) < 4.78 is 44.0. The Balaban J connectivity index is 1.98. The molecule has 0 bridgehead atoms. The van der Waals surface area contributed by atoms with Crippen molar-refractivity contribution in [3.05, 3.63) is 77.9 Å². The van der Waals surface area contributed by atoms with Crippen molar-refractivity contribution in [2.24, 2.45) is 0 Å². The number of carbonyl (C=O) groups excluding carboxylic acids is 1. The van der Waals surface area contributed by atoms with Crippen molar-refractivity contribution in [2.75, 3.05) is 0 Å². The van der Waals surface area contributed by atoms with Crippen molar-refractivity contribution in [1.82, 2.24) is 0 Å². The van der Waals surface area contributed by atoms with Gasteiger partial charge in [-0.15, -0.1) is 0 Å². The Morgan fingerprint density at radius 1 is 0.833 bits per heavy atom. The monoisotopic (exact) mass is 330 g/mol. The summed E-state index contributed by atoms with van der Waals surface area (Å²) in [4.78, 5) is 11.6. The van der Waals surface area contributed by atoms with Crippen molar-refractivity contribution < 1.29 is 22.7 Å². The molecule has 0 N–H and O–H groups in total. The highest BCUT2D eigenvalue weighted by Gasteiger charge is 2.40. The number of ketones is 1. The quantitative estimate of drug-likeness (QED) is 0.617. The van der Waals surface area contributed by atoms with Gasteiger partial charge in [-0.05, 0) is 23.1 Å². The molecule has 122 valence electrons. The van der Waals surface area contributed by atoms with Crippen molar-refractivity contribution in [2.45, 2.75) is 12.8 Å². The summed E-state index contributed by atoms with van der Waals surface area (Å²) in [6.45, 7) is 0.289. The third-order valence-corrected chi connectivity index (χ3v) is 3.62. The number of rotatable bonds is 4. The lowest BCUT2D eigenvalue weighted by Crippen LogP contribution is -2.23. The Morgan fingerprint density at radius 2 is 1.46 bits per heavy atom. The van der Waals surface area contributed by atoms with Crippen LogP contribution in [0.2, 0.25) is 0 Å². The van der Waals surface area contributed by atoms with E-state index in [9.17, 15) is 18.0 Å². The number of hydrogen-bond donors (Lipinski definition) is 0. The van der Waals surface area contributed by atoms with Crippen LogP contribution in [0.5, 0.6) is 5.75 Å². The van der Waals surface area contributed by atoms with Crippen molar-refractivity contribution >= 4 is 16.6 Å². The van der Waals surface area contributed by atoms with Gasteiger partial charge in [0, 0.05) is 10.9 Å². The molecule has 0 aliphatic carbocycles. The summed E-state index contributed by atoms with van der Waals surface area (Å²) in [5, 5.41) is 0.703. The third kappa shape index (κ3) is 3.25. The maximum Gasteiger partial charge on any atom is 0.454 e. The number of alkyl halides is 3. The molecule has 0 saturated carbocycles. The lowest BCUT2D eigenvalue weighted by Gasteiger charge is -2.13. The predicted molar refractivity (Wildman–Crippen MR) is 85.1 cm³/mol. The van der Waals surface area contributed by atoms with Gasteiger partial charge in [0.15, 0.2) is 0 Å². The first-order valence-electron chi connectivity index (χ1n) is 7.27. The molecule has 0 spiro atoms. The molecule has 0 aliphatic rings. The van der Waals surface area contributed by atoms with Crippen LogP contribution in [0.1, 0.15) is 15.9 Å². The van der Waals surface area contributed by atoms with Gasteiger partial charge in [-0.2, -0.15) is 13.2 Å². The second kappa shape index (κ2) is 6.35. The molecular formula is C19H13F3O2. The molecule has 5 heteroatoms. The Hall–Kier alpha value is -2.82. The average molecular weight is 330 g/mol. The van der Waals surface area contributed by atoms with E-state index in [1.807, 2.05) is 30.3 Å². The van der Waals surface area contributed by atoms with E-state index in [0.717, 1.165) is 5.56 Å². The standard InChI is InChI=1S/C19H13F3O2/c20-19(21,22)18(23)16-10-11-17(15-9-5-4-8-14(15)16)24-12-13-6-2-1-3-7-13/h1-11H,12H2. The van der Waals surface area contributed by atoms with E-state index in [1.165, 1.54) is 18.2 Å². The molecule has 0 fully saturated rings. The lowest BCUT2D eigenvalue weighted by atomic mass is 10.0. The van der Waals surface area contributed by atoms with Gasteiger partial charge in [0.05, 0.1) is 0 Å². The van der Waals surface area contributed by atoms with Crippen LogP contribution in [0.3, 0.4) is 0 Å². The van der Waals surface area contributed by atoms with Gasteiger partial charge in [0.2, 0.25) is 0 Å².